The van der Waals surface area contributed by atoms with Crippen molar-refractivity contribution in [1.29, 1.82) is 0 Å². The Kier molecular flexibility index (Phi) is 6.60. The van der Waals surface area contributed by atoms with Crippen LogP contribution in [0.5, 0.6) is 5.75 Å². The third-order valence-corrected chi connectivity index (χ3v) is 6.83. The minimum Gasteiger partial charge on any atom is -0.488 e. The Morgan fingerprint density at radius 1 is 1.03 bits per heavy atom. The van der Waals surface area contributed by atoms with Crippen molar-refractivity contribution in [2.45, 2.75) is 20.5 Å². The highest BCUT2D eigenvalue weighted by Crippen LogP contribution is 2.38. The first-order valence-corrected chi connectivity index (χ1v) is 11.8. The van der Waals surface area contributed by atoms with Crippen LogP contribution in [0.2, 0.25) is 0 Å². The van der Waals surface area contributed by atoms with Crippen molar-refractivity contribution in [3.05, 3.63) is 98.4 Å². The van der Waals surface area contributed by atoms with Gasteiger partial charge in [0.2, 0.25) is 0 Å². The highest BCUT2D eigenvalue weighted by Gasteiger charge is 2.33. The summed E-state index contributed by atoms with van der Waals surface area (Å²) in [6.45, 7) is 4.53. The molecular formula is C25H20BrNO2S2. The molecule has 0 atom stereocenters. The maximum Gasteiger partial charge on any atom is 0.270 e. The summed E-state index contributed by atoms with van der Waals surface area (Å²) >= 11 is 10.4. The molecule has 0 bridgehead atoms. The van der Waals surface area contributed by atoms with Gasteiger partial charge in [-0.1, -0.05) is 76.3 Å². The summed E-state index contributed by atoms with van der Waals surface area (Å²) in [7, 11) is 0. The van der Waals surface area contributed by atoms with Crippen molar-refractivity contribution < 1.29 is 9.53 Å². The highest BCUT2D eigenvalue weighted by molar-refractivity contribution is 9.10. The van der Waals surface area contributed by atoms with Gasteiger partial charge in [0.05, 0.1) is 10.6 Å². The van der Waals surface area contributed by atoms with E-state index in [1.807, 2.05) is 86.7 Å². The second kappa shape index (κ2) is 9.39. The number of carbonyl (C=O) groups is 1. The van der Waals surface area contributed by atoms with E-state index in [4.69, 9.17) is 17.0 Å². The fourth-order valence-electron chi connectivity index (χ4n) is 3.20. The normalized spacial score (nSPS) is 15.1. The van der Waals surface area contributed by atoms with Crippen LogP contribution in [0.1, 0.15) is 22.3 Å². The first kappa shape index (κ1) is 21.8. The van der Waals surface area contributed by atoms with E-state index >= 15 is 0 Å². The van der Waals surface area contributed by atoms with Crippen LogP contribution < -0.4 is 9.64 Å². The largest absolute Gasteiger partial charge is 0.488 e. The van der Waals surface area contributed by atoms with Crippen LogP contribution in [-0.4, -0.2) is 10.2 Å². The monoisotopic (exact) mass is 509 g/mol. The van der Waals surface area contributed by atoms with E-state index in [0.717, 1.165) is 26.9 Å². The van der Waals surface area contributed by atoms with Gasteiger partial charge in [-0.2, -0.15) is 0 Å². The molecule has 1 aliphatic rings. The molecule has 1 heterocycles. The van der Waals surface area contributed by atoms with Crippen LogP contribution in [-0.2, 0) is 11.4 Å². The van der Waals surface area contributed by atoms with Crippen LogP contribution in [0.25, 0.3) is 6.08 Å². The van der Waals surface area contributed by atoms with Gasteiger partial charge in [0.1, 0.15) is 12.4 Å². The molecule has 3 nitrogen and oxygen atoms in total. The van der Waals surface area contributed by atoms with Gasteiger partial charge >= 0.3 is 0 Å². The number of hydrogen-bond acceptors (Lipinski definition) is 4. The van der Waals surface area contributed by atoms with E-state index < -0.39 is 0 Å². The van der Waals surface area contributed by atoms with Crippen LogP contribution in [0.4, 0.5) is 5.69 Å². The summed E-state index contributed by atoms with van der Waals surface area (Å²) < 4.78 is 7.50. The number of carbonyl (C=O) groups excluding carboxylic acids is 1. The molecule has 1 amide bonds. The topological polar surface area (TPSA) is 29.5 Å². The quantitative estimate of drug-likeness (QED) is 0.272. The number of halogens is 1. The summed E-state index contributed by atoms with van der Waals surface area (Å²) in [6.07, 6.45) is 1.85. The van der Waals surface area contributed by atoms with Crippen LogP contribution in [0, 0.1) is 13.8 Å². The minimum absolute atomic E-state index is 0.118. The molecule has 6 heteroatoms. The molecule has 156 valence electrons. The zero-order valence-corrected chi connectivity index (χ0v) is 20.3. The second-order valence-corrected chi connectivity index (χ2v) is 9.83. The van der Waals surface area contributed by atoms with Crippen molar-refractivity contribution in [3.8, 4) is 5.75 Å². The lowest BCUT2D eigenvalue weighted by Gasteiger charge is -2.16. The molecule has 0 radical (unpaired) electrons. The van der Waals surface area contributed by atoms with Crippen LogP contribution in [0.3, 0.4) is 0 Å². The highest BCUT2D eigenvalue weighted by atomic mass is 79.9. The lowest BCUT2D eigenvalue weighted by Crippen LogP contribution is -2.27. The summed E-state index contributed by atoms with van der Waals surface area (Å²) in [5.74, 6) is 0.593. The minimum atomic E-state index is -0.118. The van der Waals surface area contributed by atoms with Crippen LogP contribution >= 0.6 is 39.9 Å². The number of thiocarbonyl (C=S) groups is 1. The van der Waals surface area contributed by atoms with E-state index in [1.54, 1.807) is 4.90 Å². The lowest BCUT2D eigenvalue weighted by atomic mass is 10.1. The third-order valence-electron chi connectivity index (χ3n) is 5.04. The Bertz CT molecular complexity index is 1190. The van der Waals surface area contributed by atoms with Gasteiger partial charge in [-0.3, -0.25) is 9.69 Å². The van der Waals surface area contributed by atoms with Crippen molar-refractivity contribution in [1.82, 2.24) is 0 Å². The fraction of sp³-hybridized carbons (Fsp3) is 0.120. The van der Waals surface area contributed by atoms with E-state index in [2.05, 4.69) is 15.9 Å². The fourth-order valence-corrected chi connectivity index (χ4v) is 4.86. The first-order chi connectivity index (χ1) is 14.9. The number of thioether (sulfide) groups is 1. The van der Waals surface area contributed by atoms with Gasteiger partial charge < -0.3 is 4.74 Å². The number of hydrogen-bond donors (Lipinski definition) is 0. The molecule has 1 aliphatic heterocycles. The molecule has 1 saturated heterocycles. The molecule has 0 aromatic heterocycles. The SMILES string of the molecule is Cc1ccc(N2C(=O)/C(=C\c3cc(Br)ccc3OCc3ccccc3)SC2=S)cc1C. The average molecular weight is 510 g/mol. The van der Waals surface area contributed by atoms with Gasteiger partial charge in [-0.25, -0.2) is 0 Å². The van der Waals surface area contributed by atoms with E-state index in [-0.39, 0.29) is 5.91 Å². The number of rotatable bonds is 5. The lowest BCUT2D eigenvalue weighted by molar-refractivity contribution is -0.113. The summed E-state index contributed by atoms with van der Waals surface area (Å²) in [5.41, 5.74) is 5.00. The second-order valence-electron chi connectivity index (χ2n) is 7.24. The number of anilines is 1. The molecule has 0 N–H and O–H groups in total. The molecule has 31 heavy (non-hydrogen) atoms. The van der Waals surface area contributed by atoms with Crippen molar-refractivity contribution in [2.24, 2.45) is 0 Å². The zero-order valence-electron chi connectivity index (χ0n) is 17.1. The van der Waals surface area contributed by atoms with Crippen molar-refractivity contribution in [2.75, 3.05) is 4.90 Å². The van der Waals surface area contributed by atoms with Crippen LogP contribution in [0.15, 0.2) is 76.1 Å². The molecule has 0 spiro atoms. The molecule has 4 rings (SSSR count). The summed E-state index contributed by atoms with van der Waals surface area (Å²) in [6, 6.07) is 21.7. The molecule has 3 aromatic carbocycles. The number of benzene rings is 3. The molecule has 1 fully saturated rings. The Balaban J connectivity index is 1.62. The van der Waals surface area contributed by atoms with Gasteiger partial charge in [0.15, 0.2) is 4.32 Å². The zero-order chi connectivity index (χ0) is 22.0. The summed E-state index contributed by atoms with van der Waals surface area (Å²) in [5, 5.41) is 0. The summed E-state index contributed by atoms with van der Waals surface area (Å²) in [4.78, 5) is 15.4. The predicted octanol–water partition coefficient (Wildman–Crippen LogP) is 7.05. The maximum absolute atomic E-state index is 13.2. The number of ether oxygens (including phenoxy) is 1. The Morgan fingerprint density at radius 3 is 2.55 bits per heavy atom. The van der Waals surface area contributed by atoms with Gasteiger partial charge in [0, 0.05) is 10.0 Å². The average Bonchev–Trinajstić information content (AvgIpc) is 3.03. The number of aryl methyl sites for hydroxylation is 2. The molecule has 0 saturated carbocycles. The Hall–Kier alpha value is -2.41. The molecule has 3 aromatic rings. The van der Waals surface area contributed by atoms with Crippen molar-refractivity contribution >= 4 is 61.9 Å². The maximum atomic E-state index is 13.2. The first-order valence-electron chi connectivity index (χ1n) is 9.74. The Morgan fingerprint density at radius 2 is 1.81 bits per heavy atom. The van der Waals surface area contributed by atoms with Gasteiger partial charge in [-0.15, -0.1) is 0 Å². The van der Waals surface area contributed by atoms with Gasteiger partial charge in [-0.05, 0) is 66.9 Å². The molecular weight excluding hydrogens is 490 g/mol. The Labute approximate surface area is 200 Å². The molecule has 0 aliphatic carbocycles. The standard InChI is InChI=1S/C25H20BrNO2S2/c1-16-8-10-21(12-17(16)2)27-24(28)23(31-25(27)30)14-19-13-20(26)9-11-22(19)29-15-18-6-4-3-5-7-18/h3-14H,15H2,1-2H3/b23-14+. The predicted molar refractivity (Wildman–Crippen MR) is 136 cm³/mol. The number of nitrogens with zero attached hydrogens (tertiary/aromatic N) is 1. The number of amides is 1. The van der Waals surface area contributed by atoms with Gasteiger partial charge in [0.25, 0.3) is 5.91 Å². The van der Waals surface area contributed by atoms with E-state index in [0.29, 0.717) is 21.6 Å². The molecule has 0 unspecified atom stereocenters. The third kappa shape index (κ3) is 4.92. The van der Waals surface area contributed by atoms with E-state index in [9.17, 15) is 4.79 Å². The van der Waals surface area contributed by atoms with Crippen molar-refractivity contribution in [3.63, 3.8) is 0 Å². The van der Waals surface area contributed by atoms with E-state index in [1.165, 1.54) is 17.3 Å². The smallest absolute Gasteiger partial charge is 0.270 e.